The molecule has 0 fully saturated rings. The van der Waals surface area contributed by atoms with Crippen LogP contribution in [0, 0.1) is 0 Å². The lowest BCUT2D eigenvalue weighted by atomic mass is 10.3. The summed E-state index contributed by atoms with van der Waals surface area (Å²) >= 11 is 1.32. The van der Waals surface area contributed by atoms with Crippen LogP contribution in [0.4, 0.5) is 5.00 Å². The molecule has 0 atom stereocenters. The van der Waals surface area contributed by atoms with E-state index in [9.17, 15) is 4.79 Å². The molecule has 0 aliphatic heterocycles. The maximum Gasteiger partial charge on any atom is 0.330 e. The second-order valence-electron chi connectivity index (χ2n) is 2.46. The van der Waals surface area contributed by atoms with Crippen LogP contribution in [-0.4, -0.2) is 12.6 Å². The molecule has 0 radical (unpaired) electrons. The number of rotatable bonds is 4. The number of carbonyl (C=O) groups excluding carboxylic acids is 1. The Morgan fingerprint density at radius 1 is 1.80 bits per heavy atom. The lowest BCUT2D eigenvalue weighted by Gasteiger charge is -1.94. The van der Waals surface area contributed by atoms with Gasteiger partial charge in [0.15, 0.2) is 0 Å². The Balaban J connectivity index is 2.75. The molecule has 0 unspecified atom stereocenters. The Bertz CT molecular complexity index is 419. The molecule has 5 nitrogen and oxygen atoms in total. The molecule has 15 heavy (non-hydrogen) atoms. The number of nitrogens with zero attached hydrogens (tertiary/aromatic N) is 3. The molecule has 1 rings (SSSR count). The highest BCUT2D eigenvalue weighted by Gasteiger charge is 1.99. The van der Waals surface area contributed by atoms with Gasteiger partial charge in [-0.15, -0.1) is 11.3 Å². The monoisotopic (exact) mass is 223 g/mol. The van der Waals surface area contributed by atoms with Gasteiger partial charge in [0.05, 0.1) is 11.6 Å². The van der Waals surface area contributed by atoms with Gasteiger partial charge in [-0.25, -0.2) is 4.79 Å². The molecule has 0 saturated heterocycles. The normalized spacial score (nSPS) is 9.93. The van der Waals surface area contributed by atoms with Gasteiger partial charge in [-0.1, -0.05) is 0 Å². The largest absolute Gasteiger partial charge is 0.463 e. The molecular formula is C9H9N3O2S. The molecule has 0 aromatic carbocycles. The van der Waals surface area contributed by atoms with Crippen LogP contribution in [0.15, 0.2) is 22.6 Å². The zero-order valence-electron chi connectivity index (χ0n) is 8.08. The fourth-order valence-electron chi connectivity index (χ4n) is 0.908. The van der Waals surface area contributed by atoms with Gasteiger partial charge in [-0.2, -0.15) is 0 Å². The third kappa shape index (κ3) is 3.46. The highest BCUT2D eigenvalue weighted by atomic mass is 32.1. The van der Waals surface area contributed by atoms with E-state index in [2.05, 4.69) is 10.0 Å². The summed E-state index contributed by atoms with van der Waals surface area (Å²) < 4.78 is 4.71. The Hall–Kier alpha value is -1.78. The molecule has 0 bridgehead atoms. The van der Waals surface area contributed by atoms with Crippen molar-refractivity contribution in [1.82, 2.24) is 0 Å². The first-order valence-electron chi connectivity index (χ1n) is 4.25. The first-order valence-corrected chi connectivity index (χ1v) is 5.13. The summed E-state index contributed by atoms with van der Waals surface area (Å²) in [6.07, 6.45) is 2.88. The van der Waals surface area contributed by atoms with Crippen molar-refractivity contribution in [3.8, 4) is 0 Å². The number of esters is 1. The zero-order chi connectivity index (χ0) is 11.1. The van der Waals surface area contributed by atoms with E-state index < -0.39 is 5.97 Å². The summed E-state index contributed by atoms with van der Waals surface area (Å²) in [5.41, 5.74) is 8.99. The standard InChI is InChI=1S/C9H9N3O2S/c1-2-14-8(13)4-3-7-5-6-15-9(7)11-12-10/h3-6H,2H2,1H3. The van der Waals surface area contributed by atoms with Crippen molar-refractivity contribution in [2.75, 3.05) is 6.61 Å². The van der Waals surface area contributed by atoms with Crippen molar-refractivity contribution >= 4 is 28.4 Å². The van der Waals surface area contributed by atoms with E-state index in [1.54, 1.807) is 24.4 Å². The van der Waals surface area contributed by atoms with Crippen LogP contribution in [0.2, 0.25) is 0 Å². The second kappa shape index (κ2) is 5.85. The fraction of sp³-hybridized carbons (Fsp3) is 0.222. The van der Waals surface area contributed by atoms with Gasteiger partial charge in [0.25, 0.3) is 0 Å². The first kappa shape index (κ1) is 11.3. The summed E-state index contributed by atoms with van der Waals surface area (Å²) in [5.74, 6) is -0.407. The summed E-state index contributed by atoms with van der Waals surface area (Å²) in [4.78, 5) is 13.7. The predicted octanol–water partition coefficient (Wildman–Crippen LogP) is 3.27. The van der Waals surface area contributed by atoms with Gasteiger partial charge >= 0.3 is 5.97 Å². The van der Waals surface area contributed by atoms with Crippen LogP contribution in [-0.2, 0) is 9.53 Å². The van der Waals surface area contributed by atoms with E-state index in [4.69, 9.17) is 10.3 Å². The van der Waals surface area contributed by atoms with Crippen LogP contribution in [0.3, 0.4) is 0 Å². The maximum absolute atomic E-state index is 11.0. The molecule has 0 saturated carbocycles. The average molecular weight is 223 g/mol. The summed E-state index contributed by atoms with van der Waals surface area (Å²) in [5, 5.41) is 5.81. The van der Waals surface area contributed by atoms with Gasteiger partial charge in [0.1, 0.15) is 0 Å². The van der Waals surface area contributed by atoms with Crippen molar-refractivity contribution in [2.24, 2.45) is 5.11 Å². The molecule has 0 aliphatic rings. The van der Waals surface area contributed by atoms with E-state index in [0.717, 1.165) is 0 Å². The van der Waals surface area contributed by atoms with Crippen molar-refractivity contribution < 1.29 is 9.53 Å². The summed E-state index contributed by atoms with van der Waals surface area (Å²) in [6.45, 7) is 2.08. The average Bonchev–Trinajstić information content (AvgIpc) is 2.64. The van der Waals surface area contributed by atoms with Gasteiger partial charge < -0.3 is 4.74 Å². The number of azide groups is 1. The Labute approximate surface area is 90.6 Å². The van der Waals surface area contributed by atoms with Crippen LogP contribution in [0.5, 0.6) is 0 Å². The molecule has 78 valence electrons. The van der Waals surface area contributed by atoms with E-state index >= 15 is 0 Å². The lowest BCUT2D eigenvalue weighted by molar-refractivity contribution is -0.137. The van der Waals surface area contributed by atoms with E-state index in [-0.39, 0.29) is 0 Å². The number of ether oxygens (including phenoxy) is 1. The zero-order valence-corrected chi connectivity index (χ0v) is 8.90. The quantitative estimate of drug-likeness (QED) is 0.258. The molecule has 1 aromatic rings. The van der Waals surface area contributed by atoms with Crippen LogP contribution in [0.1, 0.15) is 12.5 Å². The topological polar surface area (TPSA) is 75.1 Å². The minimum absolute atomic E-state index is 0.343. The van der Waals surface area contributed by atoms with Gasteiger partial charge in [-0.3, -0.25) is 0 Å². The van der Waals surface area contributed by atoms with E-state index in [1.165, 1.54) is 17.4 Å². The molecular weight excluding hydrogens is 214 g/mol. The fourth-order valence-corrected chi connectivity index (χ4v) is 1.61. The van der Waals surface area contributed by atoms with Crippen LogP contribution < -0.4 is 0 Å². The third-order valence-corrected chi connectivity index (χ3v) is 2.31. The molecule has 0 N–H and O–H groups in total. The van der Waals surface area contributed by atoms with Crippen molar-refractivity contribution in [3.63, 3.8) is 0 Å². The Morgan fingerprint density at radius 3 is 3.27 bits per heavy atom. The molecule has 1 aromatic heterocycles. The van der Waals surface area contributed by atoms with Gasteiger partial charge in [-0.05, 0) is 40.7 Å². The van der Waals surface area contributed by atoms with Gasteiger partial charge in [0, 0.05) is 11.0 Å². The first-order chi connectivity index (χ1) is 7.27. The van der Waals surface area contributed by atoms with E-state index in [1.807, 2.05) is 0 Å². The smallest absolute Gasteiger partial charge is 0.330 e. The second-order valence-corrected chi connectivity index (χ2v) is 3.35. The van der Waals surface area contributed by atoms with Gasteiger partial charge in [0.2, 0.25) is 0 Å². The molecule has 0 aliphatic carbocycles. The highest BCUT2D eigenvalue weighted by molar-refractivity contribution is 7.14. The van der Waals surface area contributed by atoms with Crippen molar-refractivity contribution in [2.45, 2.75) is 6.92 Å². The number of carbonyl (C=O) groups is 1. The number of thiophene rings is 1. The number of hydrogen-bond donors (Lipinski definition) is 0. The SMILES string of the molecule is CCOC(=O)C=Cc1ccsc1N=[N+]=[N-]. The summed E-state index contributed by atoms with van der Waals surface area (Å²) in [7, 11) is 0. The number of hydrogen-bond acceptors (Lipinski definition) is 4. The Morgan fingerprint density at radius 2 is 2.60 bits per heavy atom. The molecule has 0 spiro atoms. The van der Waals surface area contributed by atoms with E-state index in [0.29, 0.717) is 17.2 Å². The van der Waals surface area contributed by atoms with Crippen molar-refractivity contribution in [1.29, 1.82) is 0 Å². The summed E-state index contributed by atoms with van der Waals surface area (Å²) in [6, 6.07) is 1.77. The lowest BCUT2D eigenvalue weighted by Crippen LogP contribution is -1.98. The van der Waals surface area contributed by atoms with Crippen molar-refractivity contribution in [3.05, 3.63) is 33.5 Å². The molecule has 1 heterocycles. The highest BCUT2D eigenvalue weighted by Crippen LogP contribution is 2.27. The molecule has 6 heteroatoms. The third-order valence-electron chi connectivity index (χ3n) is 1.50. The van der Waals surface area contributed by atoms with Crippen LogP contribution >= 0.6 is 11.3 Å². The minimum atomic E-state index is -0.407. The molecule has 0 amide bonds. The minimum Gasteiger partial charge on any atom is -0.463 e. The Kier molecular flexibility index (Phi) is 4.40. The predicted molar refractivity (Wildman–Crippen MR) is 58.8 cm³/mol. The maximum atomic E-state index is 11.0. The van der Waals surface area contributed by atoms with Crippen LogP contribution in [0.25, 0.3) is 16.5 Å².